The maximum absolute atomic E-state index is 12.7. The predicted octanol–water partition coefficient (Wildman–Crippen LogP) is 1.58. The number of rotatable bonds is 1. The first-order valence-electron chi connectivity index (χ1n) is 4.99. The lowest BCUT2D eigenvalue weighted by Gasteiger charge is -2.38. The molecule has 0 N–H and O–H groups in total. The van der Waals surface area contributed by atoms with Crippen molar-refractivity contribution in [3.63, 3.8) is 0 Å². The zero-order valence-electron chi connectivity index (χ0n) is 8.60. The molecule has 2 rings (SSSR count). The van der Waals surface area contributed by atoms with Crippen LogP contribution in [0.5, 0.6) is 0 Å². The summed E-state index contributed by atoms with van der Waals surface area (Å²) in [6.45, 7) is 4.78. The number of anilines is 1. The number of pyridine rings is 1. The summed E-state index contributed by atoms with van der Waals surface area (Å²) >= 11 is 4.32. The van der Waals surface area contributed by atoms with Crippen LogP contribution in [0.1, 0.15) is 6.92 Å². The second kappa shape index (κ2) is 4.37. The SMILES string of the molecule is CC1CN(S)CCN1c1ccc(F)cn1. The molecular formula is C10H14FN3S. The lowest BCUT2D eigenvalue weighted by atomic mass is 10.2. The average Bonchev–Trinajstić information content (AvgIpc) is 2.20. The fourth-order valence-electron chi connectivity index (χ4n) is 1.82. The van der Waals surface area contributed by atoms with Crippen molar-refractivity contribution in [3.05, 3.63) is 24.1 Å². The molecule has 1 aliphatic heterocycles. The molecule has 2 heterocycles. The number of aromatic nitrogens is 1. The normalized spacial score (nSPS) is 23.1. The molecule has 1 aromatic heterocycles. The number of nitrogens with zero attached hydrogens (tertiary/aromatic N) is 3. The topological polar surface area (TPSA) is 19.4 Å². The first-order chi connectivity index (χ1) is 7.16. The largest absolute Gasteiger partial charge is 0.351 e. The first kappa shape index (κ1) is 10.7. The molecule has 1 unspecified atom stereocenters. The van der Waals surface area contributed by atoms with E-state index in [1.165, 1.54) is 12.3 Å². The van der Waals surface area contributed by atoms with Gasteiger partial charge in [-0.1, -0.05) is 12.8 Å². The zero-order valence-corrected chi connectivity index (χ0v) is 9.49. The van der Waals surface area contributed by atoms with E-state index >= 15 is 0 Å². The minimum atomic E-state index is -0.292. The Labute approximate surface area is 94.4 Å². The summed E-state index contributed by atoms with van der Waals surface area (Å²) in [6, 6.07) is 3.52. The summed E-state index contributed by atoms with van der Waals surface area (Å²) in [5, 5.41) is 0. The zero-order chi connectivity index (χ0) is 10.8. The van der Waals surface area contributed by atoms with E-state index in [1.54, 1.807) is 6.07 Å². The van der Waals surface area contributed by atoms with E-state index in [-0.39, 0.29) is 5.82 Å². The smallest absolute Gasteiger partial charge is 0.141 e. The third kappa shape index (κ3) is 2.41. The highest BCUT2D eigenvalue weighted by Gasteiger charge is 2.22. The number of halogens is 1. The van der Waals surface area contributed by atoms with Crippen molar-refractivity contribution < 1.29 is 4.39 Å². The summed E-state index contributed by atoms with van der Waals surface area (Å²) in [5.74, 6) is 0.546. The Bertz CT molecular complexity index is 330. The van der Waals surface area contributed by atoms with Crippen LogP contribution in [0.3, 0.4) is 0 Å². The van der Waals surface area contributed by atoms with Crippen LogP contribution < -0.4 is 4.90 Å². The van der Waals surface area contributed by atoms with Crippen LogP contribution in [-0.4, -0.2) is 35.0 Å². The van der Waals surface area contributed by atoms with Gasteiger partial charge in [-0.2, -0.15) is 0 Å². The fraction of sp³-hybridized carbons (Fsp3) is 0.500. The number of thiol groups is 1. The number of hydrogen-bond acceptors (Lipinski definition) is 4. The van der Waals surface area contributed by atoms with E-state index in [9.17, 15) is 4.39 Å². The van der Waals surface area contributed by atoms with E-state index < -0.39 is 0 Å². The minimum Gasteiger partial charge on any atom is -0.351 e. The van der Waals surface area contributed by atoms with Gasteiger partial charge in [0.1, 0.15) is 11.6 Å². The van der Waals surface area contributed by atoms with Gasteiger partial charge in [0.2, 0.25) is 0 Å². The molecule has 0 amide bonds. The molecule has 1 atom stereocenters. The number of piperazine rings is 1. The van der Waals surface area contributed by atoms with Crippen LogP contribution >= 0.6 is 12.8 Å². The Morgan fingerprint density at radius 1 is 1.47 bits per heavy atom. The molecule has 5 heteroatoms. The third-order valence-electron chi connectivity index (χ3n) is 2.61. The van der Waals surface area contributed by atoms with Gasteiger partial charge in [0.25, 0.3) is 0 Å². The van der Waals surface area contributed by atoms with Gasteiger partial charge in [0.05, 0.1) is 6.20 Å². The van der Waals surface area contributed by atoms with Crippen LogP contribution in [-0.2, 0) is 0 Å². The van der Waals surface area contributed by atoms with Crippen molar-refractivity contribution >= 4 is 18.6 Å². The van der Waals surface area contributed by atoms with E-state index in [4.69, 9.17) is 0 Å². The van der Waals surface area contributed by atoms with Gasteiger partial charge in [0, 0.05) is 25.7 Å². The van der Waals surface area contributed by atoms with Crippen molar-refractivity contribution in [2.45, 2.75) is 13.0 Å². The van der Waals surface area contributed by atoms with Crippen LogP contribution in [0.25, 0.3) is 0 Å². The van der Waals surface area contributed by atoms with Crippen molar-refractivity contribution in [2.24, 2.45) is 0 Å². The van der Waals surface area contributed by atoms with Crippen LogP contribution in [0.4, 0.5) is 10.2 Å². The van der Waals surface area contributed by atoms with Gasteiger partial charge in [-0.15, -0.1) is 0 Å². The number of hydrogen-bond donors (Lipinski definition) is 1. The Morgan fingerprint density at radius 2 is 2.27 bits per heavy atom. The molecule has 15 heavy (non-hydrogen) atoms. The lowest BCUT2D eigenvalue weighted by molar-refractivity contribution is 0.376. The van der Waals surface area contributed by atoms with Crippen LogP contribution in [0.15, 0.2) is 18.3 Å². The molecular weight excluding hydrogens is 213 g/mol. The Morgan fingerprint density at radius 3 is 2.87 bits per heavy atom. The lowest BCUT2D eigenvalue weighted by Crippen LogP contribution is -2.49. The highest BCUT2D eigenvalue weighted by atomic mass is 32.1. The molecule has 0 aliphatic carbocycles. The summed E-state index contributed by atoms with van der Waals surface area (Å²) in [4.78, 5) is 6.26. The molecule has 0 aromatic carbocycles. The highest BCUT2D eigenvalue weighted by molar-refractivity contribution is 7.77. The third-order valence-corrected chi connectivity index (χ3v) is 2.98. The quantitative estimate of drug-likeness (QED) is 0.735. The fourth-order valence-corrected chi connectivity index (χ4v) is 2.14. The van der Waals surface area contributed by atoms with Gasteiger partial charge < -0.3 is 4.90 Å². The van der Waals surface area contributed by atoms with Crippen molar-refractivity contribution in [1.29, 1.82) is 0 Å². The maximum Gasteiger partial charge on any atom is 0.141 e. The van der Waals surface area contributed by atoms with Gasteiger partial charge in [0.15, 0.2) is 0 Å². The standard InChI is InChI=1S/C10H14FN3S/c1-8-7-13(15)4-5-14(8)10-3-2-9(11)6-12-10/h2-3,6,8,15H,4-5,7H2,1H3. The van der Waals surface area contributed by atoms with Crippen molar-refractivity contribution in [1.82, 2.24) is 9.29 Å². The Hall–Kier alpha value is -0.810. The molecule has 1 aromatic rings. The van der Waals surface area contributed by atoms with Crippen molar-refractivity contribution in [3.8, 4) is 0 Å². The summed E-state index contributed by atoms with van der Waals surface area (Å²) < 4.78 is 14.7. The van der Waals surface area contributed by atoms with Gasteiger partial charge in [-0.25, -0.2) is 13.7 Å². The van der Waals surface area contributed by atoms with Crippen LogP contribution in [0, 0.1) is 5.82 Å². The summed E-state index contributed by atoms with van der Waals surface area (Å²) in [6.07, 6.45) is 1.26. The maximum atomic E-state index is 12.7. The van der Waals surface area contributed by atoms with Gasteiger partial charge >= 0.3 is 0 Å². The second-order valence-corrected chi connectivity index (χ2v) is 4.36. The molecule has 1 aliphatic rings. The Balaban J connectivity index is 2.13. The van der Waals surface area contributed by atoms with Crippen molar-refractivity contribution in [2.75, 3.05) is 24.5 Å². The minimum absolute atomic E-state index is 0.292. The van der Waals surface area contributed by atoms with E-state index in [0.717, 1.165) is 25.5 Å². The molecule has 3 nitrogen and oxygen atoms in total. The molecule has 1 saturated heterocycles. The highest BCUT2D eigenvalue weighted by Crippen LogP contribution is 2.18. The van der Waals surface area contributed by atoms with Gasteiger partial charge in [-0.05, 0) is 19.1 Å². The van der Waals surface area contributed by atoms with Gasteiger partial charge in [-0.3, -0.25) is 0 Å². The van der Waals surface area contributed by atoms with E-state index in [0.29, 0.717) is 6.04 Å². The predicted molar refractivity (Wildman–Crippen MR) is 61.6 cm³/mol. The first-order valence-corrected chi connectivity index (χ1v) is 5.39. The second-order valence-electron chi connectivity index (χ2n) is 3.79. The molecule has 0 bridgehead atoms. The molecule has 1 fully saturated rings. The summed E-state index contributed by atoms with van der Waals surface area (Å²) in [7, 11) is 0. The van der Waals surface area contributed by atoms with E-state index in [1.807, 2.05) is 4.31 Å². The summed E-state index contributed by atoms with van der Waals surface area (Å²) in [5.41, 5.74) is 0. The average molecular weight is 227 g/mol. The molecule has 0 radical (unpaired) electrons. The molecule has 0 saturated carbocycles. The Kier molecular flexibility index (Phi) is 3.11. The monoisotopic (exact) mass is 227 g/mol. The molecule has 0 spiro atoms. The van der Waals surface area contributed by atoms with Crippen LogP contribution in [0.2, 0.25) is 0 Å². The molecule has 82 valence electrons. The van der Waals surface area contributed by atoms with E-state index in [2.05, 4.69) is 29.6 Å².